The number of hydrogen-bond acceptors (Lipinski definition) is 2. The number of nitrogens with zero attached hydrogens (tertiary/aromatic N) is 1. The first-order valence-corrected chi connectivity index (χ1v) is 6.09. The number of amides is 1. The highest BCUT2D eigenvalue weighted by atomic mass is 19.1. The molecule has 1 amide bonds. The summed E-state index contributed by atoms with van der Waals surface area (Å²) in [5, 5.41) is 2.86. The van der Waals surface area contributed by atoms with Crippen LogP contribution in [0.1, 0.15) is 24.1 Å². The number of carbonyl (C=O) groups excluding carboxylic acids is 1. The third kappa shape index (κ3) is 3.88. The van der Waals surface area contributed by atoms with E-state index < -0.39 is 0 Å². The fourth-order valence-electron chi connectivity index (χ4n) is 1.84. The summed E-state index contributed by atoms with van der Waals surface area (Å²) in [6, 6.07) is 9.67. The van der Waals surface area contributed by atoms with Gasteiger partial charge in [-0.2, -0.15) is 0 Å². The van der Waals surface area contributed by atoms with Crippen molar-refractivity contribution in [1.82, 2.24) is 10.3 Å². The zero-order valence-corrected chi connectivity index (χ0v) is 10.6. The SMILES string of the molecule is CC(NC(=O)Cc1cccc(F)c1)c1cccnc1. The van der Waals surface area contributed by atoms with Crippen LogP contribution < -0.4 is 5.32 Å². The Morgan fingerprint density at radius 3 is 2.89 bits per heavy atom. The molecular weight excluding hydrogens is 243 g/mol. The predicted octanol–water partition coefficient (Wildman–Crippen LogP) is 2.64. The third-order valence-electron chi connectivity index (χ3n) is 2.82. The van der Waals surface area contributed by atoms with Gasteiger partial charge in [0.1, 0.15) is 5.82 Å². The van der Waals surface area contributed by atoms with E-state index in [-0.39, 0.29) is 24.2 Å². The molecule has 0 aliphatic heterocycles. The molecule has 0 radical (unpaired) electrons. The highest BCUT2D eigenvalue weighted by Crippen LogP contribution is 2.10. The molecule has 4 heteroatoms. The van der Waals surface area contributed by atoms with Gasteiger partial charge in [0.15, 0.2) is 0 Å². The van der Waals surface area contributed by atoms with Crippen molar-refractivity contribution in [2.24, 2.45) is 0 Å². The van der Waals surface area contributed by atoms with E-state index in [1.165, 1.54) is 12.1 Å². The lowest BCUT2D eigenvalue weighted by Gasteiger charge is -2.13. The Bertz CT molecular complexity index is 557. The molecule has 0 saturated heterocycles. The number of pyridine rings is 1. The Balaban J connectivity index is 1.95. The first kappa shape index (κ1) is 13.2. The second-order valence-corrected chi connectivity index (χ2v) is 4.38. The number of halogens is 1. The van der Waals surface area contributed by atoms with Gasteiger partial charge in [-0.15, -0.1) is 0 Å². The summed E-state index contributed by atoms with van der Waals surface area (Å²) < 4.78 is 13.0. The summed E-state index contributed by atoms with van der Waals surface area (Å²) in [4.78, 5) is 15.9. The van der Waals surface area contributed by atoms with Crippen molar-refractivity contribution in [3.63, 3.8) is 0 Å². The fourth-order valence-corrected chi connectivity index (χ4v) is 1.84. The number of rotatable bonds is 4. The van der Waals surface area contributed by atoms with Gasteiger partial charge in [-0.3, -0.25) is 9.78 Å². The number of benzene rings is 1. The van der Waals surface area contributed by atoms with E-state index in [4.69, 9.17) is 0 Å². The molecule has 98 valence electrons. The van der Waals surface area contributed by atoms with Gasteiger partial charge in [0, 0.05) is 12.4 Å². The molecule has 0 bridgehead atoms. The minimum absolute atomic E-state index is 0.116. The predicted molar refractivity (Wildman–Crippen MR) is 70.9 cm³/mol. The molecule has 0 fully saturated rings. The van der Waals surface area contributed by atoms with Gasteiger partial charge in [-0.05, 0) is 36.2 Å². The fraction of sp³-hybridized carbons (Fsp3) is 0.200. The molecule has 1 aromatic carbocycles. The van der Waals surface area contributed by atoms with Crippen molar-refractivity contribution < 1.29 is 9.18 Å². The lowest BCUT2D eigenvalue weighted by molar-refractivity contribution is -0.121. The zero-order valence-electron chi connectivity index (χ0n) is 10.6. The molecule has 1 N–H and O–H groups in total. The van der Waals surface area contributed by atoms with Crippen LogP contribution in [0.15, 0.2) is 48.8 Å². The summed E-state index contributed by atoms with van der Waals surface area (Å²) in [6.45, 7) is 1.89. The summed E-state index contributed by atoms with van der Waals surface area (Å²) in [5.74, 6) is -0.465. The number of aromatic nitrogens is 1. The molecule has 0 saturated carbocycles. The zero-order chi connectivity index (χ0) is 13.7. The number of hydrogen-bond donors (Lipinski definition) is 1. The van der Waals surface area contributed by atoms with E-state index in [0.29, 0.717) is 5.56 Å². The number of nitrogens with one attached hydrogen (secondary N) is 1. The lowest BCUT2D eigenvalue weighted by atomic mass is 10.1. The number of carbonyl (C=O) groups is 1. The average molecular weight is 258 g/mol. The topological polar surface area (TPSA) is 42.0 Å². The molecule has 1 unspecified atom stereocenters. The second-order valence-electron chi connectivity index (χ2n) is 4.38. The summed E-state index contributed by atoms with van der Waals surface area (Å²) in [6.07, 6.45) is 3.57. The van der Waals surface area contributed by atoms with Crippen molar-refractivity contribution in [1.29, 1.82) is 0 Å². The molecule has 1 heterocycles. The molecule has 1 aromatic heterocycles. The molecule has 3 nitrogen and oxygen atoms in total. The van der Waals surface area contributed by atoms with Crippen LogP contribution in [0.5, 0.6) is 0 Å². The minimum atomic E-state index is -0.328. The average Bonchev–Trinajstić information content (AvgIpc) is 2.39. The van der Waals surface area contributed by atoms with Crippen LogP contribution in [-0.2, 0) is 11.2 Å². The largest absolute Gasteiger partial charge is 0.349 e. The van der Waals surface area contributed by atoms with E-state index >= 15 is 0 Å². The van der Waals surface area contributed by atoms with Crippen LogP contribution in [0.2, 0.25) is 0 Å². The summed E-state index contributed by atoms with van der Waals surface area (Å²) >= 11 is 0. The molecule has 0 spiro atoms. The van der Waals surface area contributed by atoms with Crippen LogP contribution in [0.3, 0.4) is 0 Å². The van der Waals surface area contributed by atoms with E-state index in [9.17, 15) is 9.18 Å². The maximum Gasteiger partial charge on any atom is 0.224 e. The van der Waals surface area contributed by atoms with Crippen LogP contribution >= 0.6 is 0 Å². The Labute approximate surface area is 111 Å². The molecule has 19 heavy (non-hydrogen) atoms. The van der Waals surface area contributed by atoms with Gasteiger partial charge >= 0.3 is 0 Å². The van der Waals surface area contributed by atoms with Gasteiger partial charge in [0.2, 0.25) is 5.91 Å². The highest BCUT2D eigenvalue weighted by molar-refractivity contribution is 5.78. The molecule has 2 aromatic rings. The van der Waals surface area contributed by atoms with Crippen LogP contribution in [0, 0.1) is 5.82 Å². The van der Waals surface area contributed by atoms with Crippen LogP contribution in [0.25, 0.3) is 0 Å². The molecule has 2 rings (SSSR count). The molecule has 0 aliphatic carbocycles. The maximum atomic E-state index is 13.0. The van der Waals surface area contributed by atoms with Crippen molar-refractivity contribution in [2.45, 2.75) is 19.4 Å². The summed E-state index contributed by atoms with van der Waals surface area (Å²) in [5.41, 5.74) is 1.60. The van der Waals surface area contributed by atoms with Gasteiger partial charge in [-0.25, -0.2) is 4.39 Å². The van der Waals surface area contributed by atoms with E-state index in [2.05, 4.69) is 10.3 Å². The van der Waals surface area contributed by atoms with Crippen molar-refractivity contribution in [2.75, 3.05) is 0 Å². The van der Waals surface area contributed by atoms with Gasteiger partial charge in [0.05, 0.1) is 12.5 Å². The summed E-state index contributed by atoms with van der Waals surface area (Å²) in [7, 11) is 0. The normalized spacial score (nSPS) is 11.9. The van der Waals surface area contributed by atoms with Gasteiger partial charge < -0.3 is 5.32 Å². The lowest BCUT2D eigenvalue weighted by Crippen LogP contribution is -2.28. The van der Waals surface area contributed by atoms with Gasteiger partial charge in [-0.1, -0.05) is 18.2 Å². The van der Waals surface area contributed by atoms with E-state index in [1.807, 2.05) is 19.1 Å². The monoisotopic (exact) mass is 258 g/mol. The standard InChI is InChI=1S/C15H15FN2O/c1-11(13-5-3-7-17-10-13)18-15(19)9-12-4-2-6-14(16)8-12/h2-8,10-11H,9H2,1H3,(H,18,19). The van der Waals surface area contributed by atoms with Crippen LogP contribution in [-0.4, -0.2) is 10.9 Å². The third-order valence-corrected chi connectivity index (χ3v) is 2.82. The van der Waals surface area contributed by atoms with E-state index in [0.717, 1.165) is 5.56 Å². The first-order valence-electron chi connectivity index (χ1n) is 6.09. The Hall–Kier alpha value is -2.23. The van der Waals surface area contributed by atoms with Gasteiger partial charge in [0.25, 0.3) is 0 Å². The highest BCUT2D eigenvalue weighted by Gasteiger charge is 2.10. The maximum absolute atomic E-state index is 13.0. The molecular formula is C15H15FN2O. The van der Waals surface area contributed by atoms with E-state index in [1.54, 1.807) is 24.5 Å². The van der Waals surface area contributed by atoms with Crippen molar-refractivity contribution in [3.05, 3.63) is 65.7 Å². The smallest absolute Gasteiger partial charge is 0.224 e. The Kier molecular flexibility index (Phi) is 4.23. The Morgan fingerprint density at radius 2 is 2.21 bits per heavy atom. The van der Waals surface area contributed by atoms with Crippen LogP contribution in [0.4, 0.5) is 4.39 Å². The quantitative estimate of drug-likeness (QED) is 0.916. The first-order chi connectivity index (χ1) is 9.15. The van der Waals surface area contributed by atoms with Crippen molar-refractivity contribution >= 4 is 5.91 Å². The Morgan fingerprint density at radius 1 is 1.37 bits per heavy atom. The molecule has 1 atom stereocenters. The molecule has 0 aliphatic rings. The van der Waals surface area contributed by atoms with Crippen molar-refractivity contribution in [3.8, 4) is 0 Å². The minimum Gasteiger partial charge on any atom is -0.349 e. The second kappa shape index (κ2) is 6.09.